The summed E-state index contributed by atoms with van der Waals surface area (Å²) in [6.45, 7) is 3.97. The summed E-state index contributed by atoms with van der Waals surface area (Å²) in [7, 11) is 0. The maximum atomic E-state index is 11.2. The largest absolute Gasteiger partial charge is 0.463 e. The first-order valence-electron chi connectivity index (χ1n) is 4.26. The van der Waals surface area contributed by atoms with Crippen molar-refractivity contribution in [2.75, 3.05) is 18.5 Å². The maximum Gasteiger partial charge on any atom is 0.335 e. The molecule has 80 valence electrons. The first-order valence-corrected chi connectivity index (χ1v) is 5.38. The molecule has 0 unspecified atom stereocenters. The minimum atomic E-state index is -0.532. The topological polar surface area (TPSA) is 52.6 Å². The molecule has 0 heterocycles. The number of alkyl halides is 1. The fourth-order valence-electron chi connectivity index (χ4n) is 0.702. The lowest BCUT2D eigenvalue weighted by molar-refractivity contribution is -0.140. The number of rotatable bonds is 5. The van der Waals surface area contributed by atoms with Gasteiger partial charge in [-0.3, -0.25) is 0 Å². The van der Waals surface area contributed by atoms with E-state index in [1.165, 1.54) is 0 Å². The quantitative estimate of drug-likeness (QED) is 0.428. The lowest BCUT2D eigenvalue weighted by Crippen LogP contribution is -2.11. The van der Waals surface area contributed by atoms with Crippen molar-refractivity contribution in [1.29, 1.82) is 0 Å². The fourth-order valence-corrected chi connectivity index (χ4v) is 1.09. The van der Waals surface area contributed by atoms with Gasteiger partial charge in [0.1, 0.15) is 0 Å². The Morgan fingerprint density at radius 3 is 2.21 bits per heavy atom. The van der Waals surface area contributed by atoms with Gasteiger partial charge < -0.3 is 9.47 Å². The van der Waals surface area contributed by atoms with Gasteiger partial charge in [-0.1, -0.05) is 15.9 Å². The summed E-state index contributed by atoms with van der Waals surface area (Å²) in [5, 5.41) is 0.268. The minimum absolute atomic E-state index is 0.255. The van der Waals surface area contributed by atoms with Crippen LogP contribution in [0, 0.1) is 0 Å². The van der Waals surface area contributed by atoms with Crippen molar-refractivity contribution in [3.8, 4) is 0 Å². The molecule has 0 bridgehead atoms. The van der Waals surface area contributed by atoms with Gasteiger partial charge in [0.15, 0.2) is 0 Å². The van der Waals surface area contributed by atoms with E-state index in [9.17, 15) is 9.59 Å². The molecule has 4 nitrogen and oxygen atoms in total. The Kier molecular flexibility index (Phi) is 7.10. The van der Waals surface area contributed by atoms with E-state index in [2.05, 4.69) is 20.7 Å². The summed E-state index contributed by atoms with van der Waals surface area (Å²) in [5.41, 5.74) is 0.255. The summed E-state index contributed by atoms with van der Waals surface area (Å²) in [6, 6.07) is 0. The Morgan fingerprint density at radius 1 is 1.21 bits per heavy atom. The molecule has 0 aromatic carbocycles. The van der Waals surface area contributed by atoms with E-state index in [0.717, 1.165) is 6.08 Å². The van der Waals surface area contributed by atoms with Crippen LogP contribution in [0.4, 0.5) is 0 Å². The van der Waals surface area contributed by atoms with Gasteiger partial charge in [-0.25, -0.2) is 9.59 Å². The zero-order chi connectivity index (χ0) is 11.0. The average Bonchev–Trinajstić information content (AvgIpc) is 2.15. The Labute approximate surface area is 91.4 Å². The molecule has 0 fully saturated rings. The molecular formula is C9H13BrO4. The molecule has 5 heteroatoms. The molecule has 0 saturated carbocycles. The molecule has 0 aromatic heterocycles. The van der Waals surface area contributed by atoms with Crippen LogP contribution >= 0.6 is 15.9 Å². The van der Waals surface area contributed by atoms with Crippen LogP contribution in [0.2, 0.25) is 0 Å². The zero-order valence-electron chi connectivity index (χ0n) is 8.21. The number of hydrogen-bond acceptors (Lipinski definition) is 4. The Morgan fingerprint density at radius 2 is 1.79 bits per heavy atom. The Balaban J connectivity index is 4.38. The van der Waals surface area contributed by atoms with Crippen LogP contribution < -0.4 is 0 Å². The molecule has 0 aliphatic carbocycles. The van der Waals surface area contributed by atoms with E-state index in [4.69, 9.17) is 4.74 Å². The van der Waals surface area contributed by atoms with Crippen LogP contribution in [-0.4, -0.2) is 30.5 Å². The number of ether oxygens (including phenoxy) is 2. The monoisotopic (exact) mass is 264 g/mol. The van der Waals surface area contributed by atoms with Gasteiger partial charge in [0, 0.05) is 11.4 Å². The zero-order valence-corrected chi connectivity index (χ0v) is 9.80. The number of halogens is 1. The second-order valence-corrected chi connectivity index (χ2v) is 2.84. The van der Waals surface area contributed by atoms with Gasteiger partial charge in [-0.2, -0.15) is 0 Å². The fraction of sp³-hybridized carbons (Fsp3) is 0.556. The Bertz CT molecular complexity index is 235. The van der Waals surface area contributed by atoms with E-state index in [0.29, 0.717) is 0 Å². The van der Waals surface area contributed by atoms with Gasteiger partial charge in [0.2, 0.25) is 0 Å². The third-order valence-corrected chi connectivity index (χ3v) is 1.86. The van der Waals surface area contributed by atoms with E-state index >= 15 is 0 Å². The molecule has 0 saturated heterocycles. The highest BCUT2D eigenvalue weighted by molar-refractivity contribution is 9.09. The SMILES string of the molecule is CCOC(=O)/C=C(\CBr)C(=O)OCC. The highest BCUT2D eigenvalue weighted by atomic mass is 79.9. The van der Waals surface area contributed by atoms with Gasteiger partial charge in [-0.05, 0) is 13.8 Å². The predicted octanol–water partition coefficient (Wildman–Crippen LogP) is 1.43. The molecule has 0 aliphatic rings. The molecular weight excluding hydrogens is 252 g/mol. The first kappa shape index (κ1) is 13.2. The van der Waals surface area contributed by atoms with Crippen LogP contribution in [0.1, 0.15) is 13.8 Å². The third kappa shape index (κ3) is 5.01. The van der Waals surface area contributed by atoms with E-state index in [-0.39, 0.29) is 24.1 Å². The van der Waals surface area contributed by atoms with Crippen molar-refractivity contribution in [2.24, 2.45) is 0 Å². The molecule has 0 spiro atoms. The van der Waals surface area contributed by atoms with Gasteiger partial charge in [0.25, 0.3) is 0 Å². The highest BCUT2D eigenvalue weighted by Gasteiger charge is 2.11. The smallest absolute Gasteiger partial charge is 0.335 e. The second-order valence-electron chi connectivity index (χ2n) is 2.28. The molecule has 0 atom stereocenters. The van der Waals surface area contributed by atoms with Crippen LogP contribution in [0.5, 0.6) is 0 Å². The lowest BCUT2D eigenvalue weighted by Gasteiger charge is -2.03. The number of esters is 2. The summed E-state index contributed by atoms with van der Waals surface area (Å²) >= 11 is 3.09. The van der Waals surface area contributed by atoms with Crippen molar-refractivity contribution in [3.05, 3.63) is 11.6 Å². The van der Waals surface area contributed by atoms with E-state index in [1.54, 1.807) is 13.8 Å². The van der Waals surface area contributed by atoms with Crippen LogP contribution in [0.15, 0.2) is 11.6 Å². The third-order valence-electron chi connectivity index (χ3n) is 1.26. The van der Waals surface area contributed by atoms with Crippen molar-refractivity contribution in [2.45, 2.75) is 13.8 Å². The number of hydrogen-bond donors (Lipinski definition) is 0. The molecule has 0 aliphatic heterocycles. The normalized spacial score (nSPS) is 10.9. The number of carbonyl (C=O) groups is 2. The van der Waals surface area contributed by atoms with Crippen LogP contribution in [-0.2, 0) is 19.1 Å². The van der Waals surface area contributed by atoms with Crippen molar-refractivity contribution < 1.29 is 19.1 Å². The van der Waals surface area contributed by atoms with Crippen molar-refractivity contribution >= 4 is 27.9 Å². The van der Waals surface area contributed by atoms with Gasteiger partial charge >= 0.3 is 11.9 Å². The van der Waals surface area contributed by atoms with Crippen LogP contribution in [0.25, 0.3) is 0 Å². The summed E-state index contributed by atoms with van der Waals surface area (Å²) in [5.74, 6) is -1.03. The predicted molar refractivity (Wildman–Crippen MR) is 55.1 cm³/mol. The van der Waals surface area contributed by atoms with Gasteiger partial charge in [-0.15, -0.1) is 0 Å². The molecule has 14 heavy (non-hydrogen) atoms. The van der Waals surface area contributed by atoms with Crippen molar-refractivity contribution in [1.82, 2.24) is 0 Å². The standard InChI is InChI=1S/C9H13BrO4/c1-3-13-8(11)5-7(6-10)9(12)14-4-2/h5H,3-4,6H2,1-2H3/b7-5+. The average molecular weight is 265 g/mol. The maximum absolute atomic E-state index is 11.2. The van der Waals surface area contributed by atoms with Gasteiger partial charge in [0.05, 0.1) is 18.8 Å². The van der Waals surface area contributed by atoms with Crippen LogP contribution in [0.3, 0.4) is 0 Å². The molecule has 0 aromatic rings. The second kappa shape index (κ2) is 7.55. The molecule has 0 rings (SSSR count). The summed E-state index contributed by atoms with van der Waals surface area (Å²) in [6.07, 6.45) is 1.14. The molecule has 0 N–H and O–H groups in total. The number of carbonyl (C=O) groups excluding carboxylic acids is 2. The Hall–Kier alpha value is -0.840. The van der Waals surface area contributed by atoms with E-state index in [1.807, 2.05) is 0 Å². The summed E-state index contributed by atoms with van der Waals surface area (Å²) < 4.78 is 9.39. The highest BCUT2D eigenvalue weighted by Crippen LogP contribution is 2.03. The minimum Gasteiger partial charge on any atom is -0.463 e. The molecule has 0 radical (unpaired) electrons. The first-order chi connectivity index (χ1) is 6.65. The van der Waals surface area contributed by atoms with E-state index < -0.39 is 11.9 Å². The molecule has 0 amide bonds. The van der Waals surface area contributed by atoms with Crippen molar-refractivity contribution in [3.63, 3.8) is 0 Å². The summed E-state index contributed by atoms with van der Waals surface area (Å²) in [4.78, 5) is 22.2. The lowest BCUT2D eigenvalue weighted by atomic mass is 10.3.